The number of nitrogens with zero attached hydrogens (tertiary/aromatic N) is 2. The second kappa shape index (κ2) is 4.34. The number of nitro groups is 1. The summed E-state index contributed by atoms with van der Waals surface area (Å²) in [6, 6.07) is 1.92. The fourth-order valence-corrected chi connectivity index (χ4v) is 2.49. The van der Waals surface area contributed by atoms with Gasteiger partial charge in [-0.15, -0.1) is 0 Å². The molecular weight excluding hydrogens is 250 g/mol. The number of amides is 1. The van der Waals surface area contributed by atoms with Crippen LogP contribution in [0.1, 0.15) is 39.0 Å². The van der Waals surface area contributed by atoms with Crippen LogP contribution in [0.3, 0.4) is 0 Å². The first-order chi connectivity index (χ1) is 8.71. The highest BCUT2D eigenvalue weighted by molar-refractivity contribution is 5.81. The number of hydrogen-bond acceptors (Lipinski definition) is 5. The highest BCUT2D eigenvalue weighted by Crippen LogP contribution is 2.38. The van der Waals surface area contributed by atoms with Gasteiger partial charge in [0.1, 0.15) is 16.7 Å². The van der Waals surface area contributed by atoms with Crippen molar-refractivity contribution in [3.63, 3.8) is 0 Å². The molecule has 0 aliphatic carbocycles. The van der Waals surface area contributed by atoms with Crippen molar-refractivity contribution in [2.24, 2.45) is 5.73 Å². The van der Waals surface area contributed by atoms with Gasteiger partial charge >= 0.3 is 5.88 Å². The van der Waals surface area contributed by atoms with E-state index in [0.29, 0.717) is 5.76 Å². The Morgan fingerprint density at radius 3 is 2.58 bits per heavy atom. The standard InChI is InChI=1S/C12H17N3O4/c1-12(2,3)14-9(16)6-7(13)11(14)8-4-5-10(19-8)15(17)18/h4-5,7,11H,6,13H2,1-3H3. The van der Waals surface area contributed by atoms with Gasteiger partial charge in [0.25, 0.3) is 0 Å². The summed E-state index contributed by atoms with van der Waals surface area (Å²) in [5, 5.41) is 10.7. The highest BCUT2D eigenvalue weighted by atomic mass is 16.6. The summed E-state index contributed by atoms with van der Waals surface area (Å²) >= 11 is 0. The maximum atomic E-state index is 12.0. The van der Waals surface area contributed by atoms with E-state index in [1.165, 1.54) is 12.1 Å². The van der Waals surface area contributed by atoms with Crippen LogP contribution in [0.25, 0.3) is 0 Å². The maximum Gasteiger partial charge on any atom is 0.433 e. The lowest BCUT2D eigenvalue weighted by atomic mass is 10.0. The van der Waals surface area contributed by atoms with Crippen LogP contribution in [-0.2, 0) is 4.79 Å². The van der Waals surface area contributed by atoms with E-state index in [0.717, 1.165) is 0 Å². The van der Waals surface area contributed by atoms with E-state index in [1.807, 2.05) is 20.8 Å². The lowest BCUT2D eigenvalue weighted by molar-refractivity contribution is -0.402. The molecule has 1 fully saturated rings. The van der Waals surface area contributed by atoms with E-state index in [9.17, 15) is 14.9 Å². The van der Waals surface area contributed by atoms with Crippen molar-refractivity contribution in [3.05, 3.63) is 28.0 Å². The fourth-order valence-electron chi connectivity index (χ4n) is 2.49. The third kappa shape index (κ3) is 2.33. The Kier molecular flexibility index (Phi) is 3.09. The molecule has 0 radical (unpaired) electrons. The van der Waals surface area contributed by atoms with Gasteiger partial charge in [0.05, 0.1) is 6.07 Å². The van der Waals surface area contributed by atoms with E-state index in [2.05, 4.69) is 0 Å². The molecule has 2 unspecified atom stereocenters. The first-order valence-corrected chi connectivity index (χ1v) is 6.03. The zero-order valence-corrected chi connectivity index (χ0v) is 11.1. The molecule has 2 heterocycles. The summed E-state index contributed by atoms with van der Waals surface area (Å²) in [5.74, 6) is -0.0422. The summed E-state index contributed by atoms with van der Waals surface area (Å²) in [6.07, 6.45) is 0.219. The molecule has 2 rings (SSSR count). The van der Waals surface area contributed by atoms with Crippen LogP contribution >= 0.6 is 0 Å². The predicted molar refractivity (Wildman–Crippen MR) is 67.3 cm³/mol. The van der Waals surface area contributed by atoms with E-state index >= 15 is 0 Å². The lowest BCUT2D eigenvalue weighted by Gasteiger charge is -2.37. The van der Waals surface area contributed by atoms with Crippen LogP contribution in [-0.4, -0.2) is 27.3 Å². The normalized spacial score (nSPS) is 24.0. The molecule has 2 N–H and O–H groups in total. The molecule has 0 aromatic carbocycles. The summed E-state index contributed by atoms with van der Waals surface area (Å²) in [6.45, 7) is 5.69. The van der Waals surface area contributed by atoms with E-state index < -0.39 is 22.5 Å². The maximum absolute atomic E-state index is 12.0. The Hall–Kier alpha value is -1.89. The Bertz CT molecular complexity index is 517. The molecule has 1 saturated heterocycles. The quantitative estimate of drug-likeness (QED) is 0.647. The van der Waals surface area contributed by atoms with Gasteiger partial charge in [-0.2, -0.15) is 0 Å². The van der Waals surface area contributed by atoms with Gasteiger partial charge in [-0.25, -0.2) is 0 Å². The molecule has 1 aromatic rings. The second-order valence-electron chi connectivity index (χ2n) is 5.68. The second-order valence-corrected chi connectivity index (χ2v) is 5.68. The molecule has 1 aromatic heterocycles. The van der Waals surface area contributed by atoms with Crippen LogP contribution in [0.15, 0.2) is 16.5 Å². The molecule has 7 nitrogen and oxygen atoms in total. The van der Waals surface area contributed by atoms with Crippen LogP contribution in [0.4, 0.5) is 5.88 Å². The first kappa shape index (κ1) is 13.5. The monoisotopic (exact) mass is 267 g/mol. The van der Waals surface area contributed by atoms with Crippen molar-refractivity contribution >= 4 is 11.8 Å². The smallest absolute Gasteiger partial charge is 0.404 e. The lowest BCUT2D eigenvalue weighted by Crippen LogP contribution is -2.45. The van der Waals surface area contributed by atoms with Crippen LogP contribution in [0.5, 0.6) is 0 Å². The SMILES string of the molecule is CC(C)(C)N1C(=O)CC(N)C1c1ccc([N+](=O)[O-])o1. The van der Waals surface area contributed by atoms with Gasteiger partial charge in [0, 0.05) is 18.0 Å². The van der Waals surface area contributed by atoms with Crippen molar-refractivity contribution in [2.45, 2.75) is 44.8 Å². The van der Waals surface area contributed by atoms with Gasteiger partial charge in [-0.1, -0.05) is 0 Å². The molecule has 7 heteroatoms. The number of carbonyl (C=O) groups is 1. The summed E-state index contributed by atoms with van der Waals surface area (Å²) < 4.78 is 5.20. The molecule has 0 saturated carbocycles. The van der Waals surface area contributed by atoms with Gasteiger partial charge < -0.3 is 15.1 Å². The third-order valence-corrected chi connectivity index (χ3v) is 3.17. The molecular formula is C12H17N3O4. The molecule has 19 heavy (non-hydrogen) atoms. The third-order valence-electron chi connectivity index (χ3n) is 3.17. The minimum Gasteiger partial charge on any atom is -0.404 e. The zero-order chi connectivity index (χ0) is 14.4. The Balaban J connectivity index is 2.39. The van der Waals surface area contributed by atoms with Gasteiger partial charge in [-0.05, 0) is 26.8 Å². The number of rotatable bonds is 2. The summed E-state index contributed by atoms with van der Waals surface area (Å²) in [4.78, 5) is 23.7. The fraction of sp³-hybridized carbons (Fsp3) is 0.583. The average molecular weight is 267 g/mol. The highest BCUT2D eigenvalue weighted by Gasteiger charge is 2.45. The topological polar surface area (TPSA) is 103 Å². The molecule has 1 aliphatic heterocycles. The Labute approximate surface area is 110 Å². The molecule has 2 atom stereocenters. The average Bonchev–Trinajstić information content (AvgIpc) is 2.80. The van der Waals surface area contributed by atoms with Crippen LogP contribution < -0.4 is 5.73 Å². The predicted octanol–water partition coefficient (Wildman–Crippen LogP) is 1.59. The minimum atomic E-state index is -0.604. The minimum absolute atomic E-state index is 0.0657. The van der Waals surface area contributed by atoms with Crippen molar-refractivity contribution < 1.29 is 14.1 Å². The Morgan fingerprint density at radius 2 is 2.11 bits per heavy atom. The Morgan fingerprint density at radius 1 is 1.47 bits per heavy atom. The summed E-state index contributed by atoms with van der Waals surface area (Å²) in [5.41, 5.74) is 5.56. The van der Waals surface area contributed by atoms with Gasteiger partial charge in [-0.3, -0.25) is 14.9 Å². The molecule has 104 valence electrons. The van der Waals surface area contributed by atoms with Gasteiger partial charge in [0.15, 0.2) is 0 Å². The number of hydrogen-bond donors (Lipinski definition) is 1. The van der Waals surface area contributed by atoms with Crippen molar-refractivity contribution in [3.8, 4) is 0 Å². The first-order valence-electron chi connectivity index (χ1n) is 6.03. The van der Waals surface area contributed by atoms with Crippen LogP contribution in [0, 0.1) is 10.1 Å². The van der Waals surface area contributed by atoms with Crippen molar-refractivity contribution in [1.82, 2.24) is 4.90 Å². The number of likely N-dealkylation sites (tertiary alicyclic amines) is 1. The molecule has 0 bridgehead atoms. The van der Waals surface area contributed by atoms with Crippen LogP contribution in [0.2, 0.25) is 0 Å². The molecule has 0 spiro atoms. The molecule has 1 amide bonds. The zero-order valence-electron chi connectivity index (χ0n) is 11.1. The molecule has 1 aliphatic rings. The van der Waals surface area contributed by atoms with Gasteiger partial charge in [0.2, 0.25) is 5.91 Å². The largest absolute Gasteiger partial charge is 0.433 e. The van der Waals surface area contributed by atoms with E-state index in [-0.39, 0.29) is 18.2 Å². The summed E-state index contributed by atoms with van der Waals surface area (Å²) in [7, 11) is 0. The van der Waals surface area contributed by atoms with Crippen molar-refractivity contribution in [2.75, 3.05) is 0 Å². The number of furan rings is 1. The van der Waals surface area contributed by atoms with E-state index in [1.54, 1.807) is 4.90 Å². The number of carbonyl (C=O) groups excluding carboxylic acids is 1. The van der Waals surface area contributed by atoms with E-state index in [4.69, 9.17) is 10.2 Å². The number of nitrogens with two attached hydrogens (primary N) is 1. The van der Waals surface area contributed by atoms with Crippen molar-refractivity contribution in [1.29, 1.82) is 0 Å².